The van der Waals surface area contributed by atoms with E-state index in [9.17, 15) is 9.59 Å². The molecule has 2 heterocycles. The van der Waals surface area contributed by atoms with Gasteiger partial charge >= 0.3 is 0 Å². The quantitative estimate of drug-likeness (QED) is 0.361. The van der Waals surface area contributed by atoms with Crippen LogP contribution in [0.1, 0.15) is 10.4 Å². The molecule has 4 aromatic rings. The Morgan fingerprint density at radius 3 is 2.48 bits per heavy atom. The zero-order valence-corrected chi connectivity index (χ0v) is 17.8. The number of carbonyl (C=O) groups is 2. The highest BCUT2D eigenvalue weighted by Gasteiger charge is 2.14. The molecule has 4 rings (SSSR count). The SMILES string of the molecule is CN(C)C(=O)c1ccc(NC(=O)CSc2nc(-c3ccco3)nc3ccccc23)cc1. The Balaban J connectivity index is 1.47. The van der Waals surface area contributed by atoms with Crippen LogP contribution in [-0.2, 0) is 4.79 Å². The van der Waals surface area contributed by atoms with Gasteiger partial charge in [0.05, 0.1) is 17.5 Å². The number of nitrogens with one attached hydrogen (secondary N) is 1. The van der Waals surface area contributed by atoms with Gasteiger partial charge in [-0.05, 0) is 42.5 Å². The summed E-state index contributed by atoms with van der Waals surface area (Å²) in [6.07, 6.45) is 1.57. The summed E-state index contributed by atoms with van der Waals surface area (Å²) < 4.78 is 5.43. The van der Waals surface area contributed by atoms with Crippen molar-refractivity contribution in [3.8, 4) is 11.6 Å². The standard InChI is InChI=1S/C23H20N4O3S/c1-27(2)23(29)15-9-11-16(12-10-15)24-20(28)14-31-22-17-6-3-4-7-18(17)25-21(26-22)19-8-5-13-30-19/h3-13H,14H2,1-2H3,(H,24,28). The molecule has 0 saturated heterocycles. The summed E-state index contributed by atoms with van der Waals surface area (Å²) in [7, 11) is 3.40. The molecule has 2 amide bonds. The van der Waals surface area contributed by atoms with Crippen LogP contribution in [-0.4, -0.2) is 46.5 Å². The van der Waals surface area contributed by atoms with Crippen LogP contribution in [0.5, 0.6) is 0 Å². The van der Waals surface area contributed by atoms with Crippen LogP contribution >= 0.6 is 11.8 Å². The van der Waals surface area contributed by atoms with E-state index in [1.807, 2.05) is 24.3 Å². The van der Waals surface area contributed by atoms with E-state index in [0.29, 0.717) is 27.9 Å². The Bertz CT molecular complexity index is 1220. The van der Waals surface area contributed by atoms with Crippen molar-refractivity contribution in [2.75, 3.05) is 25.2 Å². The Morgan fingerprint density at radius 1 is 1.00 bits per heavy atom. The van der Waals surface area contributed by atoms with Gasteiger partial charge in [-0.3, -0.25) is 9.59 Å². The number of benzene rings is 2. The van der Waals surface area contributed by atoms with Crippen molar-refractivity contribution in [2.24, 2.45) is 0 Å². The van der Waals surface area contributed by atoms with E-state index < -0.39 is 0 Å². The maximum atomic E-state index is 12.5. The van der Waals surface area contributed by atoms with Gasteiger partial charge in [0.1, 0.15) is 5.03 Å². The fourth-order valence-electron chi connectivity index (χ4n) is 2.96. The van der Waals surface area contributed by atoms with Crippen LogP contribution < -0.4 is 5.32 Å². The zero-order valence-electron chi connectivity index (χ0n) is 17.0. The Hall–Kier alpha value is -3.65. The van der Waals surface area contributed by atoms with Crippen LogP contribution in [0, 0.1) is 0 Å². The van der Waals surface area contributed by atoms with E-state index in [1.165, 1.54) is 16.7 Å². The van der Waals surface area contributed by atoms with Crippen LogP contribution in [0.2, 0.25) is 0 Å². The minimum atomic E-state index is -0.168. The largest absolute Gasteiger partial charge is 0.461 e. The summed E-state index contributed by atoms with van der Waals surface area (Å²) in [5.41, 5.74) is 1.98. The van der Waals surface area contributed by atoms with Crippen molar-refractivity contribution in [1.29, 1.82) is 0 Å². The lowest BCUT2D eigenvalue weighted by molar-refractivity contribution is -0.113. The number of nitrogens with zero attached hydrogens (tertiary/aromatic N) is 3. The Labute approximate surface area is 183 Å². The number of thioether (sulfide) groups is 1. The van der Waals surface area contributed by atoms with Crippen LogP contribution in [0.3, 0.4) is 0 Å². The van der Waals surface area contributed by atoms with Crippen LogP contribution in [0.4, 0.5) is 5.69 Å². The first kappa shape index (κ1) is 20.6. The molecule has 2 aromatic heterocycles. The maximum absolute atomic E-state index is 12.5. The fraction of sp³-hybridized carbons (Fsp3) is 0.130. The van der Waals surface area contributed by atoms with Crippen molar-refractivity contribution < 1.29 is 14.0 Å². The highest BCUT2D eigenvalue weighted by atomic mass is 32.2. The van der Waals surface area contributed by atoms with E-state index in [1.54, 1.807) is 56.8 Å². The summed E-state index contributed by atoms with van der Waals surface area (Å²) in [6.45, 7) is 0. The smallest absolute Gasteiger partial charge is 0.253 e. The number of aromatic nitrogens is 2. The molecule has 0 aliphatic carbocycles. The third-order valence-corrected chi connectivity index (χ3v) is 5.46. The van der Waals surface area contributed by atoms with E-state index in [-0.39, 0.29) is 17.6 Å². The lowest BCUT2D eigenvalue weighted by Gasteiger charge is -2.11. The topological polar surface area (TPSA) is 88.3 Å². The first-order chi connectivity index (χ1) is 15.0. The van der Waals surface area contributed by atoms with Crippen molar-refractivity contribution in [3.05, 3.63) is 72.5 Å². The fourth-order valence-corrected chi connectivity index (χ4v) is 3.78. The Kier molecular flexibility index (Phi) is 5.99. The first-order valence-electron chi connectivity index (χ1n) is 9.56. The van der Waals surface area contributed by atoms with Crippen molar-refractivity contribution in [1.82, 2.24) is 14.9 Å². The maximum Gasteiger partial charge on any atom is 0.253 e. The number of furan rings is 1. The lowest BCUT2D eigenvalue weighted by Crippen LogP contribution is -2.21. The summed E-state index contributed by atoms with van der Waals surface area (Å²) in [5.74, 6) is 0.976. The molecule has 0 unspecified atom stereocenters. The van der Waals surface area contributed by atoms with Crippen LogP contribution in [0.25, 0.3) is 22.5 Å². The number of carbonyl (C=O) groups excluding carboxylic acids is 2. The summed E-state index contributed by atoms with van der Waals surface area (Å²) in [5, 5.41) is 4.44. The molecule has 156 valence electrons. The molecule has 0 bridgehead atoms. The van der Waals surface area contributed by atoms with E-state index in [0.717, 1.165) is 10.9 Å². The molecule has 2 aromatic carbocycles. The third-order valence-electron chi connectivity index (χ3n) is 4.47. The average Bonchev–Trinajstić information content (AvgIpc) is 3.32. The molecule has 0 spiro atoms. The number of hydrogen-bond acceptors (Lipinski definition) is 6. The normalized spacial score (nSPS) is 10.8. The van der Waals surface area contributed by atoms with Gasteiger partial charge in [0, 0.05) is 30.7 Å². The molecule has 0 fully saturated rings. The minimum absolute atomic E-state index is 0.0866. The number of rotatable bonds is 6. The van der Waals surface area contributed by atoms with Crippen molar-refractivity contribution >= 4 is 40.2 Å². The van der Waals surface area contributed by atoms with Gasteiger partial charge in [-0.2, -0.15) is 0 Å². The molecule has 7 nitrogen and oxygen atoms in total. The van der Waals surface area contributed by atoms with Gasteiger partial charge in [0.15, 0.2) is 11.6 Å². The van der Waals surface area contributed by atoms with Crippen molar-refractivity contribution in [2.45, 2.75) is 5.03 Å². The van der Waals surface area contributed by atoms with Gasteiger partial charge in [-0.1, -0.05) is 30.0 Å². The third kappa shape index (κ3) is 4.75. The molecule has 0 radical (unpaired) electrons. The summed E-state index contributed by atoms with van der Waals surface area (Å²) in [4.78, 5) is 35.1. The van der Waals surface area contributed by atoms with E-state index >= 15 is 0 Å². The molecule has 0 aliphatic rings. The molecule has 0 saturated carbocycles. The molecule has 31 heavy (non-hydrogen) atoms. The van der Waals surface area contributed by atoms with E-state index in [4.69, 9.17) is 4.42 Å². The second kappa shape index (κ2) is 9.01. The van der Waals surface area contributed by atoms with Gasteiger partial charge in [0.2, 0.25) is 5.91 Å². The number of para-hydroxylation sites is 1. The second-order valence-corrected chi connectivity index (χ2v) is 7.92. The lowest BCUT2D eigenvalue weighted by atomic mass is 10.2. The summed E-state index contributed by atoms with van der Waals surface area (Å²) >= 11 is 1.34. The Morgan fingerprint density at radius 2 is 1.77 bits per heavy atom. The number of anilines is 1. The number of amides is 2. The molecular formula is C23H20N4O3S. The number of fused-ring (bicyclic) bond motifs is 1. The molecular weight excluding hydrogens is 412 g/mol. The molecule has 0 aliphatic heterocycles. The molecule has 8 heteroatoms. The first-order valence-corrected chi connectivity index (χ1v) is 10.5. The van der Waals surface area contributed by atoms with Gasteiger partial charge in [-0.15, -0.1) is 0 Å². The minimum Gasteiger partial charge on any atom is -0.461 e. The molecule has 1 N–H and O–H groups in total. The number of hydrogen-bond donors (Lipinski definition) is 1. The highest BCUT2D eigenvalue weighted by molar-refractivity contribution is 8.00. The van der Waals surface area contributed by atoms with Gasteiger partial charge in [-0.25, -0.2) is 9.97 Å². The van der Waals surface area contributed by atoms with Gasteiger partial charge in [0.25, 0.3) is 5.91 Å². The predicted molar refractivity (Wildman–Crippen MR) is 121 cm³/mol. The van der Waals surface area contributed by atoms with Crippen molar-refractivity contribution in [3.63, 3.8) is 0 Å². The molecule has 0 atom stereocenters. The summed E-state index contributed by atoms with van der Waals surface area (Å²) in [6, 6.07) is 18.1. The average molecular weight is 433 g/mol. The second-order valence-electron chi connectivity index (χ2n) is 6.96. The zero-order chi connectivity index (χ0) is 21.8. The highest BCUT2D eigenvalue weighted by Crippen LogP contribution is 2.28. The van der Waals surface area contributed by atoms with Gasteiger partial charge < -0.3 is 14.6 Å². The predicted octanol–water partition coefficient (Wildman–Crippen LogP) is 4.32. The monoisotopic (exact) mass is 432 g/mol. The van der Waals surface area contributed by atoms with E-state index in [2.05, 4.69) is 15.3 Å². The van der Waals surface area contributed by atoms with Crippen LogP contribution in [0.15, 0.2) is 76.4 Å².